The molecule has 0 aliphatic rings. The lowest BCUT2D eigenvalue weighted by atomic mass is 10.1. The minimum absolute atomic E-state index is 0.207. The Morgan fingerprint density at radius 1 is 0.966 bits per heavy atom. The summed E-state index contributed by atoms with van der Waals surface area (Å²) >= 11 is 1.13. The van der Waals surface area contributed by atoms with Crippen molar-refractivity contribution in [2.45, 2.75) is 0 Å². The molecule has 1 amide bonds. The Morgan fingerprint density at radius 3 is 2.62 bits per heavy atom. The minimum Gasteiger partial charge on any atom is -0.497 e. The van der Waals surface area contributed by atoms with E-state index >= 15 is 0 Å². The molecule has 7 nitrogen and oxygen atoms in total. The van der Waals surface area contributed by atoms with Crippen molar-refractivity contribution in [1.82, 2.24) is 13.7 Å². The fourth-order valence-electron chi connectivity index (χ4n) is 2.98. The van der Waals surface area contributed by atoms with E-state index in [9.17, 15) is 4.79 Å². The van der Waals surface area contributed by atoms with Gasteiger partial charge in [0.25, 0.3) is 5.91 Å². The van der Waals surface area contributed by atoms with Crippen molar-refractivity contribution in [3.05, 3.63) is 66.2 Å². The number of anilines is 1. The van der Waals surface area contributed by atoms with E-state index in [4.69, 9.17) is 9.15 Å². The molecule has 0 spiro atoms. The molecule has 0 saturated carbocycles. The first-order valence-corrected chi connectivity index (χ1v) is 9.51. The number of methoxy groups -OCH3 is 1. The molecule has 8 heteroatoms. The Bertz CT molecular complexity index is 1340. The summed E-state index contributed by atoms with van der Waals surface area (Å²) < 4.78 is 19.3. The summed E-state index contributed by atoms with van der Waals surface area (Å²) in [5.41, 5.74) is 4.93. The van der Waals surface area contributed by atoms with E-state index in [2.05, 4.69) is 19.0 Å². The molecule has 5 aromatic rings. The first kappa shape index (κ1) is 17.3. The molecule has 0 bridgehead atoms. The molecule has 2 heterocycles. The maximum absolute atomic E-state index is 12.5. The van der Waals surface area contributed by atoms with Gasteiger partial charge in [0.1, 0.15) is 22.3 Å². The molecule has 0 aliphatic heterocycles. The highest BCUT2D eigenvalue weighted by atomic mass is 32.1. The van der Waals surface area contributed by atoms with Crippen LogP contribution in [0, 0.1) is 0 Å². The monoisotopic (exact) mass is 402 g/mol. The number of nitrogens with one attached hydrogen (secondary N) is 1. The van der Waals surface area contributed by atoms with Crippen LogP contribution in [-0.2, 0) is 0 Å². The first-order valence-electron chi connectivity index (χ1n) is 8.78. The van der Waals surface area contributed by atoms with Crippen LogP contribution < -0.4 is 10.1 Å². The number of oxazole rings is 1. The van der Waals surface area contributed by atoms with Crippen LogP contribution in [0.3, 0.4) is 0 Å². The van der Waals surface area contributed by atoms with Gasteiger partial charge >= 0.3 is 0 Å². The average Bonchev–Trinajstić information content (AvgIpc) is 3.39. The van der Waals surface area contributed by atoms with E-state index in [0.717, 1.165) is 34.1 Å². The van der Waals surface area contributed by atoms with Crippen molar-refractivity contribution >= 4 is 45.5 Å². The van der Waals surface area contributed by atoms with E-state index in [-0.39, 0.29) is 5.91 Å². The van der Waals surface area contributed by atoms with Gasteiger partial charge in [0, 0.05) is 22.9 Å². The summed E-state index contributed by atoms with van der Waals surface area (Å²) in [6.45, 7) is 0. The highest BCUT2D eigenvalue weighted by molar-refractivity contribution is 7.00. The summed E-state index contributed by atoms with van der Waals surface area (Å²) in [7, 11) is 1.61. The lowest BCUT2D eigenvalue weighted by Crippen LogP contribution is -2.11. The van der Waals surface area contributed by atoms with Crippen LogP contribution in [0.4, 0.5) is 5.69 Å². The van der Waals surface area contributed by atoms with Gasteiger partial charge in [0.2, 0.25) is 5.89 Å². The second-order valence-electron chi connectivity index (χ2n) is 6.35. The minimum atomic E-state index is -0.207. The second-order valence-corrected chi connectivity index (χ2v) is 6.88. The lowest BCUT2D eigenvalue weighted by Gasteiger charge is -2.05. The zero-order chi connectivity index (χ0) is 19.8. The Morgan fingerprint density at radius 2 is 1.79 bits per heavy atom. The smallest absolute Gasteiger partial charge is 0.255 e. The van der Waals surface area contributed by atoms with Gasteiger partial charge in [-0.15, -0.1) is 0 Å². The number of nitrogens with zero attached hydrogens (tertiary/aromatic N) is 3. The van der Waals surface area contributed by atoms with Crippen molar-refractivity contribution in [2.24, 2.45) is 0 Å². The third-order valence-electron chi connectivity index (χ3n) is 4.50. The maximum Gasteiger partial charge on any atom is 0.255 e. The van der Waals surface area contributed by atoms with Gasteiger partial charge < -0.3 is 14.5 Å². The summed E-state index contributed by atoms with van der Waals surface area (Å²) in [6, 6.07) is 18.1. The van der Waals surface area contributed by atoms with E-state index in [1.807, 2.05) is 42.5 Å². The number of carbonyl (C=O) groups is 1. The maximum atomic E-state index is 12.5. The van der Waals surface area contributed by atoms with Crippen LogP contribution >= 0.6 is 11.7 Å². The Hall–Kier alpha value is -3.78. The third-order valence-corrected chi connectivity index (χ3v) is 5.06. The molecule has 0 aliphatic carbocycles. The van der Waals surface area contributed by atoms with Crippen molar-refractivity contribution in [2.75, 3.05) is 12.4 Å². The molecule has 1 N–H and O–H groups in total. The molecule has 142 valence electrons. The number of hydrogen-bond acceptors (Lipinski definition) is 7. The normalized spacial score (nSPS) is 11.1. The molecule has 0 radical (unpaired) electrons. The number of rotatable bonds is 4. The van der Waals surface area contributed by atoms with Crippen LogP contribution in [0.25, 0.3) is 33.6 Å². The SMILES string of the molecule is COc1ccc2oc(-c3ccc(NC(=O)c4ccc5nsnc5c4)cc3)nc2c1. The van der Waals surface area contributed by atoms with Gasteiger partial charge in [-0.25, -0.2) is 4.98 Å². The number of amides is 1. The standard InChI is InChI=1S/C21H14N4O3S/c1-27-15-7-9-19-18(11-15)23-21(28-19)12-2-5-14(6-3-12)22-20(26)13-4-8-16-17(10-13)25-29-24-16/h2-11H,1H3,(H,22,26). The van der Waals surface area contributed by atoms with Gasteiger partial charge in [-0.05, 0) is 54.6 Å². The predicted octanol–water partition coefficient (Wildman–Crippen LogP) is 4.76. The van der Waals surface area contributed by atoms with E-state index in [0.29, 0.717) is 28.2 Å². The number of benzene rings is 3. The molecule has 2 aromatic heterocycles. The molecular formula is C21H14N4O3S. The Kier molecular flexibility index (Phi) is 4.18. The van der Waals surface area contributed by atoms with Crippen LogP contribution in [0.15, 0.2) is 65.1 Å². The van der Waals surface area contributed by atoms with Gasteiger partial charge in [0.05, 0.1) is 18.8 Å². The molecule has 0 fully saturated rings. The van der Waals surface area contributed by atoms with Crippen LogP contribution in [-0.4, -0.2) is 26.7 Å². The molecule has 0 unspecified atom stereocenters. The molecule has 0 atom stereocenters. The summed E-state index contributed by atoms with van der Waals surface area (Å²) in [4.78, 5) is 17.0. The highest BCUT2D eigenvalue weighted by Crippen LogP contribution is 2.27. The van der Waals surface area contributed by atoms with Crippen molar-refractivity contribution in [3.63, 3.8) is 0 Å². The topological polar surface area (TPSA) is 90.1 Å². The zero-order valence-electron chi connectivity index (χ0n) is 15.2. The molecular weight excluding hydrogens is 388 g/mol. The molecule has 5 rings (SSSR count). The Labute approximate surface area is 169 Å². The van der Waals surface area contributed by atoms with Gasteiger partial charge in [-0.3, -0.25) is 4.79 Å². The number of aromatic nitrogens is 3. The second kappa shape index (κ2) is 6.99. The first-order chi connectivity index (χ1) is 14.2. The summed E-state index contributed by atoms with van der Waals surface area (Å²) in [5, 5.41) is 2.88. The van der Waals surface area contributed by atoms with Crippen molar-refractivity contribution in [3.8, 4) is 17.2 Å². The lowest BCUT2D eigenvalue weighted by molar-refractivity contribution is 0.102. The van der Waals surface area contributed by atoms with Gasteiger partial charge in [-0.1, -0.05) is 0 Å². The largest absolute Gasteiger partial charge is 0.497 e. The third kappa shape index (κ3) is 3.30. The average molecular weight is 402 g/mol. The fraction of sp³-hybridized carbons (Fsp3) is 0.0476. The summed E-state index contributed by atoms with van der Waals surface area (Å²) in [5.74, 6) is 1.02. The van der Waals surface area contributed by atoms with Crippen molar-refractivity contribution in [1.29, 1.82) is 0 Å². The molecule has 0 saturated heterocycles. The fourth-order valence-corrected chi connectivity index (χ4v) is 3.50. The number of hydrogen-bond donors (Lipinski definition) is 1. The zero-order valence-corrected chi connectivity index (χ0v) is 16.1. The van der Waals surface area contributed by atoms with Crippen LogP contribution in [0.5, 0.6) is 5.75 Å². The number of fused-ring (bicyclic) bond motifs is 2. The highest BCUT2D eigenvalue weighted by Gasteiger charge is 2.11. The molecule has 3 aromatic carbocycles. The van der Waals surface area contributed by atoms with Crippen LogP contribution in [0.1, 0.15) is 10.4 Å². The van der Waals surface area contributed by atoms with Crippen molar-refractivity contribution < 1.29 is 13.9 Å². The van der Waals surface area contributed by atoms with Gasteiger partial charge in [0.15, 0.2) is 5.58 Å². The van der Waals surface area contributed by atoms with E-state index in [1.54, 1.807) is 25.3 Å². The predicted molar refractivity (Wildman–Crippen MR) is 111 cm³/mol. The molecule has 29 heavy (non-hydrogen) atoms. The van der Waals surface area contributed by atoms with E-state index < -0.39 is 0 Å². The quantitative estimate of drug-likeness (QED) is 0.466. The van der Waals surface area contributed by atoms with Gasteiger partial charge in [-0.2, -0.15) is 8.75 Å². The summed E-state index contributed by atoms with van der Waals surface area (Å²) in [6.07, 6.45) is 0. The van der Waals surface area contributed by atoms with E-state index in [1.165, 1.54) is 0 Å². The Balaban J connectivity index is 1.36. The van der Waals surface area contributed by atoms with Crippen LogP contribution in [0.2, 0.25) is 0 Å². The number of ether oxygens (including phenoxy) is 1. The number of carbonyl (C=O) groups excluding carboxylic acids is 1.